The molecule has 6 rings (SSSR count). The molecule has 5 heterocycles. The van der Waals surface area contributed by atoms with E-state index in [0.717, 1.165) is 38.2 Å². The Morgan fingerprint density at radius 2 is 2.03 bits per heavy atom. The summed E-state index contributed by atoms with van der Waals surface area (Å²) in [7, 11) is 0. The molecule has 0 unspecified atom stereocenters. The van der Waals surface area contributed by atoms with Crippen molar-refractivity contribution in [3.63, 3.8) is 0 Å². The topological polar surface area (TPSA) is 89.4 Å². The molecule has 4 aromatic heterocycles. The van der Waals surface area contributed by atoms with Gasteiger partial charge >= 0.3 is 0 Å². The maximum absolute atomic E-state index is 12.7. The Morgan fingerprint density at radius 1 is 1.15 bits per heavy atom. The molecule has 5 aromatic rings. The van der Waals surface area contributed by atoms with Crippen LogP contribution in [0.1, 0.15) is 21.8 Å². The van der Waals surface area contributed by atoms with Crippen LogP contribution < -0.4 is 5.73 Å². The van der Waals surface area contributed by atoms with Crippen LogP contribution in [0.25, 0.3) is 33.3 Å². The number of halogens is 1. The fourth-order valence-electron chi connectivity index (χ4n) is 4.25. The van der Waals surface area contributed by atoms with Gasteiger partial charge < -0.3 is 10.6 Å². The lowest BCUT2D eigenvalue weighted by Crippen LogP contribution is -2.34. The zero-order valence-corrected chi connectivity index (χ0v) is 20.4. The van der Waals surface area contributed by atoms with Crippen LogP contribution in [0.4, 0.5) is 5.82 Å². The quantitative estimate of drug-likeness (QED) is 0.342. The number of anilines is 1. The predicted molar refractivity (Wildman–Crippen MR) is 139 cm³/mol. The molecule has 0 saturated carbocycles. The number of benzene rings is 1. The summed E-state index contributed by atoms with van der Waals surface area (Å²) in [5.41, 5.74) is 11.7. The number of amides is 1. The smallest absolute Gasteiger partial charge is 0.264 e. The number of carbonyl (C=O) groups is 1. The molecule has 0 radical (unpaired) electrons. The minimum absolute atomic E-state index is 0.0640. The molecule has 1 amide bonds. The molecule has 0 saturated heterocycles. The number of hydrogen-bond acceptors (Lipinski definition) is 6. The minimum atomic E-state index is 0.0640. The average molecular weight is 531 g/mol. The third kappa shape index (κ3) is 3.48. The van der Waals surface area contributed by atoms with E-state index in [4.69, 9.17) is 10.7 Å². The third-order valence-corrected chi connectivity index (χ3v) is 7.70. The summed E-state index contributed by atoms with van der Waals surface area (Å²) in [6, 6.07) is 13.9. The van der Waals surface area contributed by atoms with Crippen LogP contribution in [0.2, 0.25) is 0 Å². The van der Waals surface area contributed by atoms with Crippen LogP contribution in [0.5, 0.6) is 0 Å². The van der Waals surface area contributed by atoms with Gasteiger partial charge in [0.25, 0.3) is 5.91 Å². The van der Waals surface area contributed by atoms with Crippen molar-refractivity contribution in [3.05, 3.63) is 81.4 Å². The SMILES string of the molecule is Nc1c(Br)c(C2=CCN(C(=O)c3cccs3)CC2)nc2c(-c3cnc4ccccc4c3)cnn12. The molecular weight excluding hydrogens is 512 g/mol. The van der Waals surface area contributed by atoms with Gasteiger partial charge in [0.2, 0.25) is 0 Å². The van der Waals surface area contributed by atoms with Gasteiger partial charge in [-0.25, -0.2) is 4.98 Å². The monoisotopic (exact) mass is 530 g/mol. The first-order valence-corrected chi connectivity index (χ1v) is 12.5. The number of rotatable bonds is 3. The van der Waals surface area contributed by atoms with Gasteiger partial charge in [-0.05, 0) is 51.5 Å². The summed E-state index contributed by atoms with van der Waals surface area (Å²) in [6.45, 7) is 1.16. The summed E-state index contributed by atoms with van der Waals surface area (Å²) in [4.78, 5) is 24.9. The van der Waals surface area contributed by atoms with Crippen molar-refractivity contribution in [2.45, 2.75) is 6.42 Å². The van der Waals surface area contributed by atoms with E-state index in [1.807, 2.05) is 52.9 Å². The standard InChI is InChI=1S/C25H19BrN6OS/c26-21-22(15-7-9-31(10-8-15)25(33)20-6-3-11-34-20)30-24-18(14-29-32(24)23(21)27)17-12-16-4-1-2-5-19(16)28-13-17/h1-7,11-14H,8-10,27H2. The predicted octanol–water partition coefficient (Wildman–Crippen LogP) is 5.28. The molecule has 0 spiro atoms. The van der Waals surface area contributed by atoms with Gasteiger partial charge in [-0.3, -0.25) is 9.78 Å². The van der Waals surface area contributed by atoms with Crippen molar-refractivity contribution >= 4 is 61.1 Å². The summed E-state index contributed by atoms with van der Waals surface area (Å²) in [6.07, 6.45) is 6.37. The number of pyridine rings is 1. The molecule has 2 N–H and O–H groups in total. The van der Waals surface area contributed by atoms with Crippen molar-refractivity contribution in [1.82, 2.24) is 24.5 Å². The van der Waals surface area contributed by atoms with E-state index in [-0.39, 0.29) is 5.91 Å². The van der Waals surface area contributed by atoms with Gasteiger partial charge in [-0.15, -0.1) is 11.3 Å². The van der Waals surface area contributed by atoms with Gasteiger partial charge in [0.05, 0.1) is 26.8 Å². The van der Waals surface area contributed by atoms with Gasteiger partial charge in [0, 0.05) is 35.8 Å². The molecular formula is C25H19BrN6OS. The first-order valence-electron chi connectivity index (χ1n) is 10.8. The Hall–Kier alpha value is -3.56. The van der Waals surface area contributed by atoms with Gasteiger partial charge in [0.15, 0.2) is 5.65 Å². The van der Waals surface area contributed by atoms with Crippen LogP contribution in [0.15, 0.2) is 70.8 Å². The number of nitrogen functional groups attached to an aromatic ring is 1. The number of nitrogens with zero attached hydrogens (tertiary/aromatic N) is 5. The van der Waals surface area contributed by atoms with Crippen molar-refractivity contribution in [2.24, 2.45) is 0 Å². The van der Waals surface area contributed by atoms with Crippen molar-refractivity contribution in [2.75, 3.05) is 18.8 Å². The van der Waals surface area contributed by atoms with E-state index >= 15 is 0 Å². The highest BCUT2D eigenvalue weighted by atomic mass is 79.9. The molecule has 34 heavy (non-hydrogen) atoms. The fourth-order valence-corrected chi connectivity index (χ4v) is 5.46. The van der Waals surface area contributed by atoms with Crippen LogP contribution in [0.3, 0.4) is 0 Å². The van der Waals surface area contributed by atoms with Gasteiger partial charge in [0.1, 0.15) is 5.82 Å². The molecule has 168 valence electrons. The van der Waals surface area contributed by atoms with Crippen molar-refractivity contribution < 1.29 is 4.79 Å². The number of para-hydroxylation sites is 1. The Morgan fingerprint density at radius 3 is 2.82 bits per heavy atom. The van der Waals surface area contributed by atoms with Crippen LogP contribution in [-0.2, 0) is 0 Å². The first kappa shape index (κ1) is 21.0. The molecule has 9 heteroatoms. The van der Waals surface area contributed by atoms with E-state index in [0.29, 0.717) is 35.4 Å². The highest BCUT2D eigenvalue weighted by Gasteiger charge is 2.24. The molecule has 7 nitrogen and oxygen atoms in total. The van der Waals surface area contributed by atoms with Crippen LogP contribution in [0, 0.1) is 0 Å². The zero-order valence-electron chi connectivity index (χ0n) is 18.0. The maximum atomic E-state index is 12.7. The molecule has 1 aromatic carbocycles. The normalized spacial score (nSPS) is 14.0. The number of thiophene rings is 1. The lowest BCUT2D eigenvalue weighted by molar-refractivity contribution is 0.0777. The van der Waals surface area contributed by atoms with E-state index in [9.17, 15) is 4.79 Å². The summed E-state index contributed by atoms with van der Waals surface area (Å²) in [5.74, 6) is 0.548. The highest BCUT2D eigenvalue weighted by Crippen LogP contribution is 2.35. The second-order valence-electron chi connectivity index (χ2n) is 8.08. The Labute approximate surface area is 207 Å². The minimum Gasteiger partial charge on any atom is -0.383 e. The summed E-state index contributed by atoms with van der Waals surface area (Å²) in [5, 5.41) is 7.46. The van der Waals surface area contributed by atoms with E-state index in [1.54, 1.807) is 10.7 Å². The maximum Gasteiger partial charge on any atom is 0.264 e. The molecule has 0 bridgehead atoms. The number of nitrogens with two attached hydrogens (primary N) is 1. The Bertz CT molecular complexity index is 1590. The Kier molecular flexibility index (Phi) is 5.15. The van der Waals surface area contributed by atoms with Crippen LogP contribution in [-0.4, -0.2) is 43.5 Å². The fraction of sp³-hybridized carbons (Fsp3) is 0.120. The number of fused-ring (bicyclic) bond motifs is 2. The average Bonchev–Trinajstić information content (AvgIpc) is 3.56. The molecule has 0 fully saturated rings. The number of aromatic nitrogens is 4. The first-order chi connectivity index (χ1) is 16.6. The highest BCUT2D eigenvalue weighted by molar-refractivity contribution is 9.10. The Balaban J connectivity index is 1.39. The largest absolute Gasteiger partial charge is 0.383 e. The van der Waals surface area contributed by atoms with E-state index in [2.05, 4.69) is 38.2 Å². The summed E-state index contributed by atoms with van der Waals surface area (Å²) >= 11 is 5.10. The second kappa shape index (κ2) is 8.34. The van der Waals surface area contributed by atoms with Crippen molar-refractivity contribution in [1.29, 1.82) is 0 Å². The van der Waals surface area contributed by atoms with E-state index in [1.165, 1.54) is 11.3 Å². The summed E-state index contributed by atoms with van der Waals surface area (Å²) < 4.78 is 2.35. The van der Waals surface area contributed by atoms with Gasteiger partial charge in [-0.1, -0.05) is 30.3 Å². The molecule has 1 aliphatic heterocycles. The van der Waals surface area contributed by atoms with Crippen LogP contribution >= 0.6 is 27.3 Å². The molecule has 0 aliphatic carbocycles. The lowest BCUT2D eigenvalue weighted by Gasteiger charge is -2.26. The third-order valence-electron chi connectivity index (χ3n) is 6.06. The zero-order chi connectivity index (χ0) is 23.2. The number of hydrogen-bond donors (Lipinski definition) is 1. The lowest BCUT2D eigenvalue weighted by atomic mass is 10.0. The second-order valence-corrected chi connectivity index (χ2v) is 9.82. The molecule has 0 atom stereocenters. The number of carbonyl (C=O) groups excluding carboxylic acids is 1. The van der Waals surface area contributed by atoms with E-state index < -0.39 is 0 Å². The molecule has 1 aliphatic rings. The van der Waals surface area contributed by atoms with Gasteiger partial charge in [-0.2, -0.15) is 9.61 Å². The van der Waals surface area contributed by atoms with Crippen molar-refractivity contribution in [3.8, 4) is 11.1 Å².